The van der Waals surface area contributed by atoms with E-state index in [1.807, 2.05) is 12.1 Å². The van der Waals surface area contributed by atoms with Gasteiger partial charge in [0.1, 0.15) is 5.75 Å². The molecule has 2 aromatic carbocycles. The molecule has 0 aliphatic carbocycles. The Balaban J connectivity index is 1.91. The van der Waals surface area contributed by atoms with Gasteiger partial charge in [-0.3, -0.25) is 0 Å². The number of aromatic hydroxyl groups is 1. The summed E-state index contributed by atoms with van der Waals surface area (Å²) < 4.78 is 0. The van der Waals surface area contributed by atoms with Crippen LogP contribution in [-0.2, 0) is 6.42 Å². The first-order valence-electron chi connectivity index (χ1n) is 8.13. The van der Waals surface area contributed by atoms with Crippen LogP contribution < -0.4 is 11.1 Å². The van der Waals surface area contributed by atoms with Crippen molar-refractivity contribution in [2.75, 3.05) is 12.3 Å². The van der Waals surface area contributed by atoms with E-state index in [4.69, 9.17) is 28.9 Å². The number of aliphatic hydroxyl groups excluding tert-OH is 1. The van der Waals surface area contributed by atoms with Crippen molar-refractivity contribution < 1.29 is 10.2 Å². The fraction of sp³-hybridized carbons (Fsp3) is 0.368. The summed E-state index contributed by atoms with van der Waals surface area (Å²) in [6, 6.07) is 10.5. The third kappa shape index (κ3) is 5.79. The molecule has 0 fully saturated rings. The molecule has 0 saturated carbocycles. The zero-order chi connectivity index (χ0) is 18.6. The minimum absolute atomic E-state index is 0.166. The number of aliphatic hydroxyl groups is 1. The van der Waals surface area contributed by atoms with Crippen molar-refractivity contribution in [1.29, 1.82) is 0 Å². The second-order valence-corrected chi connectivity index (χ2v) is 7.66. The number of anilines is 1. The number of phenolic OH excluding ortho intramolecular Hbond substituents is 1. The van der Waals surface area contributed by atoms with Gasteiger partial charge in [-0.25, -0.2) is 0 Å². The molecular formula is C19H24Cl2N2O2. The molecule has 0 saturated heterocycles. The fourth-order valence-electron chi connectivity index (χ4n) is 2.49. The number of nitrogens with one attached hydrogen (secondary N) is 1. The van der Waals surface area contributed by atoms with Crippen LogP contribution in [0.3, 0.4) is 0 Å². The van der Waals surface area contributed by atoms with E-state index >= 15 is 0 Å². The minimum atomic E-state index is -0.733. The fourth-order valence-corrected chi connectivity index (χ4v) is 3.00. The third-order valence-corrected chi connectivity index (χ3v) is 4.86. The van der Waals surface area contributed by atoms with Gasteiger partial charge in [0, 0.05) is 12.1 Å². The lowest BCUT2D eigenvalue weighted by Gasteiger charge is -2.28. The summed E-state index contributed by atoms with van der Waals surface area (Å²) in [6.07, 6.45) is 1.02. The molecule has 2 rings (SSSR count). The molecule has 4 nitrogen and oxygen atoms in total. The summed E-state index contributed by atoms with van der Waals surface area (Å²) in [7, 11) is 0. The molecule has 0 aromatic heterocycles. The molecule has 0 radical (unpaired) electrons. The predicted octanol–water partition coefficient (Wildman–Crippen LogP) is 4.32. The summed E-state index contributed by atoms with van der Waals surface area (Å²) in [6.45, 7) is 4.55. The van der Waals surface area contributed by atoms with Gasteiger partial charge < -0.3 is 21.3 Å². The normalized spacial score (nSPS) is 13.0. The maximum Gasteiger partial charge on any atom is 0.115 e. The van der Waals surface area contributed by atoms with E-state index in [0.29, 0.717) is 27.8 Å². The number of halogens is 2. The second-order valence-electron chi connectivity index (χ2n) is 6.85. The average molecular weight is 383 g/mol. The molecule has 0 aliphatic rings. The zero-order valence-electron chi connectivity index (χ0n) is 14.4. The number of hydrogen-bond donors (Lipinski definition) is 4. The average Bonchev–Trinajstić information content (AvgIpc) is 2.56. The number of nitrogen functional groups attached to an aromatic ring is 1. The molecule has 0 amide bonds. The number of benzene rings is 2. The summed E-state index contributed by atoms with van der Waals surface area (Å²) in [5.41, 5.74) is 7.66. The van der Waals surface area contributed by atoms with Crippen molar-refractivity contribution in [3.63, 3.8) is 0 Å². The Labute approximate surface area is 158 Å². The van der Waals surface area contributed by atoms with Crippen molar-refractivity contribution in [3.8, 4) is 5.75 Å². The van der Waals surface area contributed by atoms with Gasteiger partial charge in [0.25, 0.3) is 0 Å². The summed E-state index contributed by atoms with van der Waals surface area (Å²) in [4.78, 5) is 0. The quantitative estimate of drug-likeness (QED) is 0.537. The van der Waals surface area contributed by atoms with E-state index < -0.39 is 6.10 Å². The maximum absolute atomic E-state index is 10.4. The van der Waals surface area contributed by atoms with Crippen LogP contribution in [-0.4, -0.2) is 22.3 Å². The Morgan fingerprint density at radius 1 is 1.12 bits per heavy atom. The largest absolute Gasteiger partial charge is 0.508 e. The molecule has 136 valence electrons. The van der Waals surface area contributed by atoms with Crippen molar-refractivity contribution in [1.82, 2.24) is 5.32 Å². The molecule has 1 unspecified atom stereocenters. The topological polar surface area (TPSA) is 78.5 Å². The van der Waals surface area contributed by atoms with Gasteiger partial charge in [0.2, 0.25) is 0 Å². The van der Waals surface area contributed by atoms with Crippen LogP contribution in [0.15, 0.2) is 36.4 Å². The maximum atomic E-state index is 10.4. The molecular weight excluding hydrogens is 359 g/mol. The van der Waals surface area contributed by atoms with Gasteiger partial charge in [0.05, 0.1) is 21.8 Å². The lowest BCUT2D eigenvalue weighted by Crippen LogP contribution is -2.42. The first-order valence-corrected chi connectivity index (χ1v) is 8.89. The van der Waals surface area contributed by atoms with E-state index in [1.165, 1.54) is 0 Å². The summed E-state index contributed by atoms with van der Waals surface area (Å²) in [5, 5.41) is 23.8. The van der Waals surface area contributed by atoms with Crippen molar-refractivity contribution in [3.05, 3.63) is 57.6 Å². The lowest BCUT2D eigenvalue weighted by molar-refractivity contribution is 0.159. The predicted molar refractivity (Wildman–Crippen MR) is 104 cm³/mol. The van der Waals surface area contributed by atoms with Crippen molar-refractivity contribution in [2.45, 2.75) is 38.3 Å². The van der Waals surface area contributed by atoms with Gasteiger partial charge in [-0.05, 0) is 62.1 Å². The molecule has 0 heterocycles. The number of rotatable bonds is 7. The van der Waals surface area contributed by atoms with Gasteiger partial charge in [-0.2, -0.15) is 0 Å². The highest BCUT2D eigenvalue weighted by Crippen LogP contribution is 2.31. The van der Waals surface area contributed by atoms with Crippen molar-refractivity contribution in [2.24, 2.45) is 0 Å². The highest BCUT2D eigenvalue weighted by Gasteiger charge is 2.20. The van der Waals surface area contributed by atoms with Gasteiger partial charge in [-0.15, -0.1) is 0 Å². The summed E-state index contributed by atoms with van der Waals surface area (Å²) >= 11 is 12.0. The Morgan fingerprint density at radius 2 is 1.68 bits per heavy atom. The van der Waals surface area contributed by atoms with Crippen LogP contribution in [0.1, 0.15) is 37.5 Å². The van der Waals surface area contributed by atoms with Gasteiger partial charge in [0.15, 0.2) is 0 Å². The van der Waals surface area contributed by atoms with Crippen LogP contribution in [0.5, 0.6) is 5.75 Å². The van der Waals surface area contributed by atoms with E-state index in [-0.39, 0.29) is 11.3 Å². The highest BCUT2D eigenvalue weighted by molar-refractivity contribution is 6.38. The molecule has 1 atom stereocenters. The Kier molecular flexibility index (Phi) is 6.58. The highest BCUT2D eigenvalue weighted by atomic mass is 35.5. The standard InChI is InChI=1S/C19H24Cl2N2O2/c1-19(2,8-7-12-3-5-14(24)6-4-12)23-11-17(25)13-9-15(20)18(22)16(21)10-13/h3-6,9-10,17,23-25H,7-8,11,22H2,1-2H3. The zero-order valence-corrected chi connectivity index (χ0v) is 15.9. The molecule has 25 heavy (non-hydrogen) atoms. The Hall–Kier alpha value is -1.46. The van der Waals surface area contributed by atoms with E-state index in [9.17, 15) is 10.2 Å². The molecule has 0 spiro atoms. The molecule has 6 heteroatoms. The molecule has 0 aliphatic heterocycles. The lowest BCUT2D eigenvalue weighted by atomic mass is 9.94. The number of phenols is 1. The minimum Gasteiger partial charge on any atom is -0.508 e. The first kappa shape index (κ1) is 19.9. The molecule has 2 aromatic rings. The van der Waals surface area contributed by atoms with Crippen LogP contribution in [0.25, 0.3) is 0 Å². The van der Waals surface area contributed by atoms with Crippen molar-refractivity contribution >= 4 is 28.9 Å². The number of hydrogen-bond acceptors (Lipinski definition) is 4. The monoisotopic (exact) mass is 382 g/mol. The SMILES string of the molecule is CC(C)(CCc1ccc(O)cc1)NCC(O)c1cc(Cl)c(N)c(Cl)c1. The number of nitrogens with two attached hydrogens (primary N) is 1. The Bertz CT molecular complexity index is 695. The number of aryl methyl sites for hydroxylation is 1. The summed E-state index contributed by atoms with van der Waals surface area (Å²) in [5.74, 6) is 0.269. The van der Waals surface area contributed by atoms with Crippen LogP contribution in [0, 0.1) is 0 Å². The third-order valence-electron chi connectivity index (χ3n) is 4.24. The number of β-amino-alcohol motifs (C(OH)–C–C–N with tert-alkyl or cyclic N) is 1. The molecule has 5 N–H and O–H groups in total. The van der Waals surface area contributed by atoms with Crippen LogP contribution in [0.4, 0.5) is 5.69 Å². The Morgan fingerprint density at radius 3 is 2.24 bits per heavy atom. The molecule has 0 bridgehead atoms. The smallest absolute Gasteiger partial charge is 0.115 e. The van der Waals surface area contributed by atoms with E-state index in [2.05, 4.69) is 19.2 Å². The van der Waals surface area contributed by atoms with E-state index in [1.54, 1.807) is 24.3 Å². The second kappa shape index (κ2) is 8.28. The van der Waals surface area contributed by atoms with Gasteiger partial charge in [-0.1, -0.05) is 35.3 Å². The van der Waals surface area contributed by atoms with Crippen LogP contribution in [0.2, 0.25) is 10.0 Å². The van der Waals surface area contributed by atoms with E-state index in [0.717, 1.165) is 18.4 Å². The first-order chi connectivity index (χ1) is 11.7. The van der Waals surface area contributed by atoms with Crippen LogP contribution >= 0.6 is 23.2 Å². The van der Waals surface area contributed by atoms with Gasteiger partial charge >= 0.3 is 0 Å².